The highest BCUT2D eigenvalue weighted by molar-refractivity contribution is 5.55. The summed E-state index contributed by atoms with van der Waals surface area (Å²) in [5.41, 5.74) is 18.3. The Morgan fingerprint density at radius 2 is 0.854 bits per heavy atom. The van der Waals surface area contributed by atoms with E-state index in [4.69, 9.17) is 0 Å². The van der Waals surface area contributed by atoms with Gasteiger partial charge in [0.25, 0.3) is 0 Å². The van der Waals surface area contributed by atoms with E-state index in [1.807, 2.05) is 0 Å². The Bertz CT molecular complexity index is 1530. The summed E-state index contributed by atoms with van der Waals surface area (Å²) < 4.78 is 0. The summed E-state index contributed by atoms with van der Waals surface area (Å²) in [4.78, 5) is 0. The first kappa shape index (κ1) is 28.6. The molecule has 0 heteroatoms. The third-order valence-electron chi connectivity index (χ3n) is 8.94. The Balaban J connectivity index is 1.62. The maximum Gasteiger partial charge on any atom is 0.0350 e. The second-order valence-corrected chi connectivity index (χ2v) is 11.7. The molecule has 0 saturated heterocycles. The van der Waals surface area contributed by atoms with Gasteiger partial charge >= 0.3 is 0 Å². The van der Waals surface area contributed by atoms with Gasteiger partial charge in [0.2, 0.25) is 0 Å². The molecule has 5 aromatic rings. The molecule has 41 heavy (non-hydrogen) atoms. The second kappa shape index (κ2) is 12.7. The number of hydrogen-bond acceptors (Lipinski definition) is 0. The van der Waals surface area contributed by atoms with Crippen LogP contribution >= 0.6 is 0 Å². The molecule has 0 aromatic heterocycles. The minimum atomic E-state index is 0.209. The lowest BCUT2D eigenvalue weighted by Crippen LogP contribution is -2.13. The maximum absolute atomic E-state index is 2.47. The van der Waals surface area contributed by atoms with Crippen LogP contribution in [0.15, 0.2) is 103 Å². The van der Waals surface area contributed by atoms with Crippen LogP contribution in [0.25, 0.3) is 0 Å². The summed E-state index contributed by atoms with van der Waals surface area (Å²) in [6.45, 7) is 13.6. The fraction of sp³-hybridized carbons (Fsp3) is 0.268. The van der Waals surface area contributed by atoms with Crippen LogP contribution in [0.5, 0.6) is 0 Å². The molecule has 0 N–H and O–H groups in total. The molecule has 0 unspecified atom stereocenters. The molecular formula is C41H44. The minimum Gasteiger partial charge on any atom is -0.0620 e. The minimum absolute atomic E-state index is 0.209. The van der Waals surface area contributed by atoms with Crippen LogP contribution in [0.3, 0.4) is 0 Å². The molecule has 0 aliphatic rings. The van der Waals surface area contributed by atoms with Gasteiger partial charge in [-0.3, -0.25) is 0 Å². The molecule has 0 saturated carbocycles. The van der Waals surface area contributed by atoms with E-state index in [-0.39, 0.29) is 5.92 Å². The average Bonchev–Trinajstić information content (AvgIpc) is 2.98. The third-order valence-corrected chi connectivity index (χ3v) is 8.94. The SMILES string of the molecule is CCc1cc(Cc2ccccc2C)ccc1C(c1ccc(Cc2ccccc2C)cc1CC)c1c(C)cccc1C. The predicted molar refractivity (Wildman–Crippen MR) is 176 cm³/mol. The zero-order valence-corrected chi connectivity index (χ0v) is 25.7. The van der Waals surface area contributed by atoms with E-state index >= 15 is 0 Å². The van der Waals surface area contributed by atoms with Gasteiger partial charge in [-0.15, -0.1) is 0 Å². The molecular weight excluding hydrogens is 492 g/mol. The molecule has 0 amide bonds. The Labute approximate surface area is 248 Å². The first-order chi connectivity index (χ1) is 19.9. The van der Waals surface area contributed by atoms with Gasteiger partial charge in [0.05, 0.1) is 0 Å². The molecule has 0 heterocycles. The third kappa shape index (κ3) is 6.23. The van der Waals surface area contributed by atoms with E-state index in [2.05, 4.69) is 145 Å². The molecule has 0 radical (unpaired) electrons. The summed E-state index contributed by atoms with van der Waals surface area (Å²) in [6, 6.07) is 38.9. The quantitative estimate of drug-likeness (QED) is 0.164. The molecule has 0 aliphatic carbocycles. The van der Waals surface area contributed by atoms with Gasteiger partial charge in [0.1, 0.15) is 0 Å². The van der Waals surface area contributed by atoms with Gasteiger partial charge in [-0.1, -0.05) is 117 Å². The highest BCUT2D eigenvalue weighted by Crippen LogP contribution is 2.40. The van der Waals surface area contributed by atoms with Gasteiger partial charge in [0.15, 0.2) is 0 Å². The van der Waals surface area contributed by atoms with E-state index in [1.165, 1.54) is 72.3 Å². The van der Waals surface area contributed by atoms with Crippen molar-refractivity contribution in [2.24, 2.45) is 0 Å². The zero-order chi connectivity index (χ0) is 28.9. The monoisotopic (exact) mass is 536 g/mol. The number of hydrogen-bond donors (Lipinski definition) is 0. The van der Waals surface area contributed by atoms with Crippen LogP contribution in [-0.4, -0.2) is 0 Å². The fourth-order valence-electron chi connectivity index (χ4n) is 6.53. The maximum atomic E-state index is 2.47. The highest BCUT2D eigenvalue weighted by Gasteiger charge is 2.25. The molecule has 0 bridgehead atoms. The van der Waals surface area contributed by atoms with E-state index in [0.29, 0.717) is 0 Å². The van der Waals surface area contributed by atoms with Crippen molar-refractivity contribution in [2.75, 3.05) is 0 Å². The number of benzene rings is 5. The molecule has 0 spiro atoms. The summed E-state index contributed by atoms with van der Waals surface area (Å²) in [5.74, 6) is 0.209. The Hall–Kier alpha value is -3.90. The van der Waals surface area contributed by atoms with Crippen molar-refractivity contribution in [3.63, 3.8) is 0 Å². The van der Waals surface area contributed by atoms with Crippen LogP contribution in [-0.2, 0) is 25.7 Å². The van der Waals surface area contributed by atoms with Crippen molar-refractivity contribution in [3.05, 3.63) is 175 Å². The molecule has 0 fully saturated rings. The molecule has 5 aromatic carbocycles. The van der Waals surface area contributed by atoms with Gasteiger partial charge in [-0.25, -0.2) is 0 Å². The summed E-state index contributed by atoms with van der Waals surface area (Å²) in [5, 5.41) is 0. The Morgan fingerprint density at radius 1 is 0.439 bits per heavy atom. The second-order valence-electron chi connectivity index (χ2n) is 11.7. The van der Waals surface area contributed by atoms with Gasteiger partial charge in [0, 0.05) is 5.92 Å². The van der Waals surface area contributed by atoms with Crippen LogP contribution in [0, 0.1) is 27.7 Å². The topological polar surface area (TPSA) is 0 Å². The largest absolute Gasteiger partial charge is 0.0620 e. The normalized spacial score (nSPS) is 11.3. The predicted octanol–water partition coefficient (Wildman–Crippen LogP) is 10.4. The van der Waals surface area contributed by atoms with Gasteiger partial charge in [-0.2, -0.15) is 0 Å². The van der Waals surface area contributed by atoms with E-state index in [0.717, 1.165) is 25.7 Å². The molecule has 5 rings (SSSR count). The summed E-state index contributed by atoms with van der Waals surface area (Å²) >= 11 is 0. The lowest BCUT2D eigenvalue weighted by atomic mass is 9.76. The summed E-state index contributed by atoms with van der Waals surface area (Å²) in [6.07, 6.45) is 3.99. The van der Waals surface area contributed by atoms with Crippen molar-refractivity contribution in [1.82, 2.24) is 0 Å². The van der Waals surface area contributed by atoms with Crippen molar-refractivity contribution in [3.8, 4) is 0 Å². The lowest BCUT2D eigenvalue weighted by molar-refractivity contribution is 0.888. The number of aryl methyl sites for hydroxylation is 6. The summed E-state index contributed by atoms with van der Waals surface area (Å²) in [7, 11) is 0. The molecule has 208 valence electrons. The van der Waals surface area contributed by atoms with Crippen molar-refractivity contribution in [2.45, 2.75) is 73.1 Å². The smallest absolute Gasteiger partial charge is 0.0350 e. The fourth-order valence-corrected chi connectivity index (χ4v) is 6.53. The van der Waals surface area contributed by atoms with Crippen molar-refractivity contribution >= 4 is 0 Å². The Kier molecular flexibility index (Phi) is 8.89. The number of rotatable bonds is 9. The first-order valence-electron chi connectivity index (χ1n) is 15.3. The van der Waals surface area contributed by atoms with E-state index in [1.54, 1.807) is 0 Å². The first-order valence-corrected chi connectivity index (χ1v) is 15.3. The van der Waals surface area contributed by atoms with E-state index in [9.17, 15) is 0 Å². The average molecular weight is 537 g/mol. The van der Waals surface area contributed by atoms with Crippen molar-refractivity contribution < 1.29 is 0 Å². The highest BCUT2D eigenvalue weighted by atomic mass is 14.3. The van der Waals surface area contributed by atoms with E-state index < -0.39 is 0 Å². The van der Waals surface area contributed by atoms with Crippen LogP contribution < -0.4 is 0 Å². The van der Waals surface area contributed by atoms with Crippen LogP contribution in [0.2, 0.25) is 0 Å². The molecule has 0 atom stereocenters. The standard InChI is InChI=1S/C41H44/c1-7-34-24-32(26-36-18-11-9-14-28(36)3)20-22-38(34)41(40-30(5)16-13-17-31(40)6)39-23-21-33(25-35(39)8-2)27-37-19-12-10-15-29(37)4/h9-25,41H,7-8,26-27H2,1-6H3. The van der Waals surface area contributed by atoms with Gasteiger partial charge in [-0.05, 0) is 126 Å². The van der Waals surface area contributed by atoms with Crippen molar-refractivity contribution in [1.29, 1.82) is 0 Å². The molecule has 0 nitrogen and oxygen atoms in total. The molecule has 0 aliphatic heterocycles. The van der Waals surface area contributed by atoms with Gasteiger partial charge < -0.3 is 0 Å². The van der Waals surface area contributed by atoms with Crippen LogP contribution in [0.1, 0.15) is 92.1 Å². The lowest BCUT2D eigenvalue weighted by Gasteiger charge is -2.28. The Morgan fingerprint density at radius 3 is 1.27 bits per heavy atom. The van der Waals surface area contributed by atoms with Crippen LogP contribution in [0.4, 0.5) is 0 Å². The zero-order valence-electron chi connectivity index (χ0n) is 25.7.